The molecule has 5 rings (SSSR count). The second-order valence-corrected chi connectivity index (χ2v) is 9.56. The summed E-state index contributed by atoms with van der Waals surface area (Å²) >= 11 is 0.917. The summed E-state index contributed by atoms with van der Waals surface area (Å²) in [5, 5.41) is 18.2. The van der Waals surface area contributed by atoms with Gasteiger partial charge in [0.05, 0.1) is 34.3 Å². The molecule has 39 heavy (non-hydrogen) atoms. The summed E-state index contributed by atoms with van der Waals surface area (Å²) in [5.74, 6) is 0.364. The number of nitrogens with one attached hydrogen (secondary N) is 3. The molecular weight excluding hydrogens is 548 g/mol. The fourth-order valence-electron chi connectivity index (χ4n) is 4.01. The van der Waals surface area contributed by atoms with Crippen LogP contribution in [0.4, 0.5) is 26.3 Å². The van der Waals surface area contributed by atoms with Crippen molar-refractivity contribution in [3.8, 4) is 0 Å². The molecule has 1 amide bonds. The van der Waals surface area contributed by atoms with Gasteiger partial charge in [0.15, 0.2) is 5.17 Å². The van der Waals surface area contributed by atoms with Gasteiger partial charge in [0, 0.05) is 5.39 Å². The number of thioether (sulfide) groups is 1. The van der Waals surface area contributed by atoms with Crippen molar-refractivity contribution in [3.63, 3.8) is 0 Å². The van der Waals surface area contributed by atoms with Gasteiger partial charge in [-0.3, -0.25) is 9.89 Å². The third-order valence-corrected chi connectivity index (χ3v) is 6.88. The van der Waals surface area contributed by atoms with Crippen LogP contribution in [0.15, 0.2) is 52.5 Å². The molecule has 0 aliphatic carbocycles. The number of halogens is 6. The smallest absolute Gasteiger partial charge is 0.357 e. The molecule has 4 aromatic rings. The van der Waals surface area contributed by atoms with Crippen LogP contribution in [0, 0.1) is 6.92 Å². The molecule has 8 nitrogen and oxygen atoms in total. The summed E-state index contributed by atoms with van der Waals surface area (Å²) in [7, 11) is 0. The van der Waals surface area contributed by atoms with Crippen LogP contribution in [-0.4, -0.2) is 36.5 Å². The zero-order valence-corrected chi connectivity index (χ0v) is 20.6. The standard InChI is InChI=1S/C24H17F6N7OS/c1-11-33-19(37-35-11)10-31-22-34-21(38)20(39-22)16(12-3-5-18-14(6-12)9-32-36-18)7-13-2-4-15(23(25,26)27)8-17(13)24(28,29)30/h2-6,8-9H,7,10H2,1H3,(H,32,36)(H,31,34,38)(H,33,35,37). The van der Waals surface area contributed by atoms with Crippen molar-refractivity contribution in [3.05, 3.63) is 81.4 Å². The molecule has 1 aliphatic heterocycles. The molecule has 0 radical (unpaired) electrons. The normalized spacial score (nSPS) is 15.7. The lowest BCUT2D eigenvalue weighted by Crippen LogP contribution is -2.19. The number of alkyl halides is 6. The molecule has 3 heterocycles. The summed E-state index contributed by atoms with van der Waals surface area (Å²) in [6, 6.07) is 6.35. The lowest BCUT2D eigenvalue weighted by molar-refractivity contribution is -0.143. The highest BCUT2D eigenvalue weighted by Crippen LogP contribution is 2.41. The fraction of sp³-hybridized carbons (Fsp3) is 0.208. The van der Waals surface area contributed by atoms with Gasteiger partial charge in [-0.1, -0.05) is 12.1 Å². The summed E-state index contributed by atoms with van der Waals surface area (Å²) in [6.07, 6.45) is -8.99. The summed E-state index contributed by atoms with van der Waals surface area (Å²) in [6.45, 7) is 1.86. The number of hydrogen-bond acceptors (Lipinski definition) is 6. The van der Waals surface area contributed by atoms with Gasteiger partial charge in [0.2, 0.25) is 0 Å². The number of amidine groups is 1. The maximum absolute atomic E-state index is 13.9. The van der Waals surface area contributed by atoms with E-state index in [2.05, 4.69) is 35.7 Å². The third kappa shape index (κ3) is 5.67. The fourth-order valence-corrected chi connectivity index (χ4v) is 4.92. The number of nitrogens with zero attached hydrogens (tertiary/aromatic N) is 4. The number of rotatable bonds is 5. The number of aromatic nitrogens is 5. The number of allylic oxidation sites excluding steroid dienone is 1. The molecule has 3 N–H and O–H groups in total. The molecule has 202 valence electrons. The first kappa shape index (κ1) is 26.5. The minimum atomic E-state index is -5.06. The minimum Gasteiger partial charge on any atom is -0.357 e. The van der Waals surface area contributed by atoms with Crippen molar-refractivity contribution in [1.29, 1.82) is 0 Å². The second kappa shape index (κ2) is 9.87. The van der Waals surface area contributed by atoms with E-state index in [0.717, 1.165) is 17.8 Å². The molecule has 0 unspecified atom stereocenters. The van der Waals surface area contributed by atoms with Crippen LogP contribution in [0.25, 0.3) is 16.5 Å². The Morgan fingerprint density at radius 2 is 1.82 bits per heavy atom. The highest BCUT2D eigenvalue weighted by Gasteiger charge is 2.38. The van der Waals surface area contributed by atoms with Crippen molar-refractivity contribution < 1.29 is 31.1 Å². The molecule has 2 aromatic carbocycles. The Morgan fingerprint density at radius 1 is 1.03 bits per heavy atom. The highest BCUT2D eigenvalue weighted by molar-refractivity contribution is 8.18. The minimum absolute atomic E-state index is 0.0436. The highest BCUT2D eigenvalue weighted by atomic mass is 32.2. The number of carbonyl (C=O) groups excluding carboxylic acids is 1. The van der Waals surface area contributed by atoms with Crippen LogP contribution in [0.2, 0.25) is 0 Å². The van der Waals surface area contributed by atoms with Crippen LogP contribution >= 0.6 is 11.8 Å². The molecule has 0 spiro atoms. The molecule has 2 aromatic heterocycles. The Morgan fingerprint density at radius 3 is 2.51 bits per heavy atom. The number of aromatic amines is 2. The number of benzene rings is 2. The van der Waals surface area contributed by atoms with Gasteiger partial charge in [0.1, 0.15) is 11.6 Å². The third-order valence-electron chi connectivity index (χ3n) is 5.82. The maximum Gasteiger partial charge on any atom is 0.416 e. The average molecular weight is 566 g/mol. The van der Waals surface area contributed by atoms with E-state index < -0.39 is 41.4 Å². The predicted octanol–water partition coefficient (Wildman–Crippen LogP) is 5.40. The lowest BCUT2D eigenvalue weighted by Gasteiger charge is -2.18. The maximum atomic E-state index is 13.9. The van der Waals surface area contributed by atoms with E-state index in [-0.39, 0.29) is 28.3 Å². The molecule has 0 saturated carbocycles. The van der Waals surface area contributed by atoms with Crippen molar-refractivity contribution in [2.24, 2.45) is 4.99 Å². The number of aryl methyl sites for hydroxylation is 1. The van der Waals surface area contributed by atoms with Crippen LogP contribution in [0.3, 0.4) is 0 Å². The molecule has 0 bridgehead atoms. The van der Waals surface area contributed by atoms with Gasteiger partial charge in [-0.05, 0) is 66.1 Å². The second-order valence-electron chi connectivity index (χ2n) is 8.56. The van der Waals surface area contributed by atoms with Gasteiger partial charge in [-0.25, -0.2) is 0 Å². The summed E-state index contributed by atoms with van der Waals surface area (Å²) in [5.41, 5.74) is -2.05. The number of aliphatic imine (C=N–C) groups is 1. The molecule has 0 saturated heterocycles. The van der Waals surface area contributed by atoms with E-state index in [1.807, 2.05) is 0 Å². The van der Waals surface area contributed by atoms with Gasteiger partial charge in [-0.2, -0.15) is 36.4 Å². The Labute approximate surface area is 220 Å². The molecule has 0 fully saturated rings. The van der Waals surface area contributed by atoms with Crippen LogP contribution in [-0.2, 0) is 30.1 Å². The van der Waals surface area contributed by atoms with Crippen LogP contribution < -0.4 is 5.32 Å². The molecule has 0 atom stereocenters. The zero-order chi connectivity index (χ0) is 27.9. The molecule has 1 aliphatic rings. The van der Waals surface area contributed by atoms with E-state index in [1.165, 1.54) is 6.20 Å². The van der Waals surface area contributed by atoms with E-state index in [4.69, 9.17) is 0 Å². The van der Waals surface area contributed by atoms with E-state index in [1.54, 1.807) is 25.1 Å². The Balaban J connectivity index is 1.55. The number of hydrogen-bond donors (Lipinski definition) is 3. The van der Waals surface area contributed by atoms with Gasteiger partial charge in [0.25, 0.3) is 5.91 Å². The van der Waals surface area contributed by atoms with Gasteiger partial charge < -0.3 is 10.3 Å². The lowest BCUT2D eigenvalue weighted by atomic mass is 9.92. The van der Waals surface area contributed by atoms with Gasteiger partial charge >= 0.3 is 12.4 Å². The molecule has 15 heteroatoms. The van der Waals surface area contributed by atoms with Crippen molar-refractivity contribution >= 4 is 39.3 Å². The first-order chi connectivity index (χ1) is 18.4. The first-order valence-electron chi connectivity index (χ1n) is 11.3. The Kier molecular flexibility index (Phi) is 6.70. The SMILES string of the molecule is Cc1nnc(CNC2=NC(=O)C(=C(Cc3ccc(C(F)(F)F)cc3C(F)(F)F)c3ccc4[nH]ncc4c3)S2)[nH]1. The predicted molar refractivity (Wildman–Crippen MR) is 131 cm³/mol. The summed E-state index contributed by atoms with van der Waals surface area (Å²) < 4.78 is 81.3. The summed E-state index contributed by atoms with van der Waals surface area (Å²) in [4.78, 5) is 19.9. The van der Waals surface area contributed by atoms with Crippen LogP contribution in [0.5, 0.6) is 0 Å². The van der Waals surface area contributed by atoms with E-state index >= 15 is 0 Å². The van der Waals surface area contributed by atoms with Crippen molar-refractivity contribution in [1.82, 2.24) is 30.7 Å². The molecular formula is C24H17F6N7OS. The quantitative estimate of drug-likeness (QED) is 0.221. The van der Waals surface area contributed by atoms with E-state index in [9.17, 15) is 31.1 Å². The number of fused-ring (bicyclic) bond motifs is 1. The number of H-pyrrole nitrogens is 2. The Hall–Kier alpha value is -4.14. The first-order valence-corrected chi connectivity index (χ1v) is 12.1. The zero-order valence-electron chi connectivity index (χ0n) is 19.8. The topological polar surface area (TPSA) is 112 Å². The number of carbonyl (C=O) groups is 1. The van der Waals surface area contributed by atoms with Crippen LogP contribution in [0.1, 0.15) is 33.9 Å². The number of amides is 1. The Bertz CT molecular complexity index is 1630. The van der Waals surface area contributed by atoms with Gasteiger partial charge in [-0.15, -0.1) is 10.2 Å². The average Bonchev–Trinajstić information content (AvgIpc) is 3.59. The largest absolute Gasteiger partial charge is 0.416 e. The monoisotopic (exact) mass is 565 g/mol. The van der Waals surface area contributed by atoms with Crippen molar-refractivity contribution in [2.75, 3.05) is 0 Å². The van der Waals surface area contributed by atoms with Crippen molar-refractivity contribution in [2.45, 2.75) is 32.2 Å². The van der Waals surface area contributed by atoms with E-state index in [0.29, 0.717) is 34.2 Å².